The van der Waals surface area contributed by atoms with Gasteiger partial charge in [-0.05, 0) is 25.1 Å². The van der Waals surface area contributed by atoms with Gasteiger partial charge < -0.3 is 14.8 Å². The van der Waals surface area contributed by atoms with Crippen LogP contribution >= 0.6 is 0 Å². The van der Waals surface area contributed by atoms with Crippen molar-refractivity contribution in [3.8, 4) is 11.5 Å². The number of nitro groups is 1. The molecule has 0 aromatic heterocycles. The van der Waals surface area contributed by atoms with Crippen molar-refractivity contribution < 1.29 is 27.6 Å². The first-order chi connectivity index (χ1) is 13.6. The first-order valence-corrected chi connectivity index (χ1v) is 10.2. The number of hydrogen-bond acceptors (Lipinski definition) is 7. The molecule has 0 spiro atoms. The highest BCUT2D eigenvalue weighted by molar-refractivity contribution is 7.92. The first-order valence-electron chi connectivity index (χ1n) is 8.35. The predicted octanol–water partition coefficient (Wildman–Crippen LogP) is 2.41. The van der Waals surface area contributed by atoms with Crippen LogP contribution in [0.5, 0.6) is 11.5 Å². The molecular formula is C18H21N3O7S. The standard InChI is InChI=1S/C18H21N3O7S/c1-12(18(22)19-16-11-15(27-2)8-9-17(16)28-3)20(29(4,25)26)13-6-5-7-14(10-13)21(23)24/h5-12H,1-4H3,(H,19,22)/t12-/m1/s1. The second-order valence-electron chi connectivity index (χ2n) is 6.07. The van der Waals surface area contributed by atoms with E-state index in [0.29, 0.717) is 11.5 Å². The Morgan fingerprint density at radius 3 is 2.41 bits per heavy atom. The highest BCUT2D eigenvalue weighted by atomic mass is 32.2. The number of nitrogens with zero attached hydrogens (tertiary/aromatic N) is 2. The van der Waals surface area contributed by atoms with E-state index >= 15 is 0 Å². The number of non-ortho nitro benzene ring substituents is 1. The Balaban J connectivity index is 2.40. The lowest BCUT2D eigenvalue weighted by Crippen LogP contribution is -2.45. The van der Waals surface area contributed by atoms with Crippen molar-refractivity contribution in [3.05, 3.63) is 52.6 Å². The summed E-state index contributed by atoms with van der Waals surface area (Å²) in [6, 6.07) is 8.61. The van der Waals surface area contributed by atoms with Gasteiger partial charge in [0.1, 0.15) is 17.5 Å². The Hall–Kier alpha value is -3.34. The molecule has 156 valence electrons. The van der Waals surface area contributed by atoms with E-state index in [1.165, 1.54) is 45.4 Å². The molecule has 0 radical (unpaired) electrons. The van der Waals surface area contributed by atoms with Gasteiger partial charge in [-0.25, -0.2) is 8.42 Å². The van der Waals surface area contributed by atoms with Crippen molar-refractivity contribution in [2.45, 2.75) is 13.0 Å². The Bertz CT molecular complexity index is 1020. The monoisotopic (exact) mass is 423 g/mol. The number of nitro benzene ring substituents is 1. The third kappa shape index (κ3) is 5.13. The molecule has 2 aromatic rings. The summed E-state index contributed by atoms with van der Waals surface area (Å²) < 4.78 is 35.9. The van der Waals surface area contributed by atoms with Gasteiger partial charge >= 0.3 is 0 Å². The van der Waals surface area contributed by atoms with Gasteiger partial charge in [-0.3, -0.25) is 19.2 Å². The number of methoxy groups -OCH3 is 2. The molecule has 1 N–H and O–H groups in total. The molecule has 0 aliphatic heterocycles. The van der Waals surface area contributed by atoms with E-state index in [2.05, 4.69) is 5.32 Å². The minimum atomic E-state index is -3.93. The molecule has 0 saturated heterocycles. The van der Waals surface area contributed by atoms with Gasteiger partial charge in [0.05, 0.1) is 36.8 Å². The molecular weight excluding hydrogens is 402 g/mol. The Morgan fingerprint density at radius 1 is 1.17 bits per heavy atom. The van der Waals surface area contributed by atoms with Gasteiger partial charge in [0.2, 0.25) is 15.9 Å². The van der Waals surface area contributed by atoms with Crippen LogP contribution in [0, 0.1) is 10.1 Å². The summed E-state index contributed by atoms with van der Waals surface area (Å²) in [6.07, 6.45) is 0.918. The summed E-state index contributed by atoms with van der Waals surface area (Å²) in [7, 11) is -1.05. The molecule has 11 heteroatoms. The average molecular weight is 423 g/mol. The molecule has 0 fully saturated rings. The molecule has 0 aliphatic carbocycles. The quantitative estimate of drug-likeness (QED) is 0.510. The fraction of sp³-hybridized carbons (Fsp3) is 0.278. The van der Waals surface area contributed by atoms with Crippen LogP contribution < -0.4 is 19.1 Å². The van der Waals surface area contributed by atoms with Crippen molar-refractivity contribution in [1.82, 2.24) is 0 Å². The number of benzene rings is 2. The van der Waals surface area contributed by atoms with Crippen LogP contribution in [0.25, 0.3) is 0 Å². The second kappa shape index (κ2) is 8.78. The van der Waals surface area contributed by atoms with E-state index in [4.69, 9.17) is 9.47 Å². The van der Waals surface area contributed by atoms with Crippen LogP contribution in [-0.4, -0.2) is 45.8 Å². The first kappa shape index (κ1) is 22.0. The maximum Gasteiger partial charge on any atom is 0.271 e. The second-order valence-corrected chi connectivity index (χ2v) is 7.93. The SMILES string of the molecule is COc1ccc(OC)c(NC(=O)[C@@H](C)N(c2cccc([N+](=O)[O-])c2)S(C)(=O)=O)c1. The number of anilines is 2. The van der Waals surface area contributed by atoms with Crippen molar-refractivity contribution >= 4 is 33.0 Å². The lowest BCUT2D eigenvalue weighted by molar-refractivity contribution is -0.384. The number of hydrogen-bond donors (Lipinski definition) is 1. The van der Waals surface area contributed by atoms with Crippen LogP contribution in [-0.2, 0) is 14.8 Å². The van der Waals surface area contributed by atoms with E-state index in [1.807, 2.05) is 0 Å². The zero-order chi connectivity index (χ0) is 21.8. The number of amides is 1. The maximum atomic E-state index is 12.8. The maximum absolute atomic E-state index is 12.8. The molecule has 2 aromatic carbocycles. The topological polar surface area (TPSA) is 128 Å². The zero-order valence-corrected chi connectivity index (χ0v) is 17.1. The molecule has 0 unspecified atom stereocenters. The van der Waals surface area contributed by atoms with Crippen molar-refractivity contribution in [1.29, 1.82) is 0 Å². The van der Waals surface area contributed by atoms with Crippen LogP contribution in [0.3, 0.4) is 0 Å². The third-order valence-electron chi connectivity index (χ3n) is 4.05. The minimum absolute atomic E-state index is 0.00181. The fourth-order valence-corrected chi connectivity index (χ4v) is 3.87. The smallest absolute Gasteiger partial charge is 0.271 e. The molecule has 0 heterocycles. The molecule has 0 bridgehead atoms. The Kier molecular flexibility index (Phi) is 6.64. The summed E-state index contributed by atoms with van der Waals surface area (Å²) >= 11 is 0. The number of sulfonamides is 1. The highest BCUT2D eigenvalue weighted by Gasteiger charge is 2.30. The van der Waals surface area contributed by atoms with Gasteiger partial charge in [-0.1, -0.05) is 6.07 Å². The van der Waals surface area contributed by atoms with E-state index in [9.17, 15) is 23.3 Å². The van der Waals surface area contributed by atoms with Gasteiger partial charge in [0.25, 0.3) is 5.69 Å². The normalized spacial score (nSPS) is 12.0. The molecule has 0 aliphatic rings. The van der Waals surface area contributed by atoms with Crippen LogP contribution in [0.2, 0.25) is 0 Å². The summed E-state index contributed by atoms with van der Waals surface area (Å²) in [5, 5.41) is 13.6. The van der Waals surface area contributed by atoms with Crippen LogP contribution in [0.4, 0.5) is 17.1 Å². The summed E-state index contributed by atoms with van der Waals surface area (Å²) in [6.45, 7) is 1.38. The Morgan fingerprint density at radius 2 is 1.86 bits per heavy atom. The van der Waals surface area contributed by atoms with Gasteiger partial charge in [-0.15, -0.1) is 0 Å². The number of nitrogens with one attached hydrogen (secondary N) is 1. The minimum Gasteiger partial charge on any atom is -0.497 e. The molecule has 1 amide bonds. The molecule has 10 nitrogen and oxygen atoms in total. The van der Waals surface area contributed by atoms with Crippen molar-refractivity contribution in [3.63, 3.8) is 0 Å². The number of carbonyl (C=O) groups excluding carboxylic acids is 1. The zero-order valence-electron chi connectivity index (χ0n) is 16.3. The van der Waals surface area contributed by atoms with Crippen molar-refractivity contribution in [2.24, 2.45) is 0 Å². The number of ether oxygens (including phenoxy) is 2. The van der Waals surface area contributed by atoms with E-state index < -0.39 is 26.9 Å². The molecule has 29 heavy (non-hydrogen) atoms. The van der Waals surface area contributed by atoms with E-state index in [1.54, 1.807) is 12.1 Å². The highest BCUT2D eigenvalue weighted by Crippen LogP contribution is 2.30. The predicted molar refractivity (Wildman–Crippen MR) is 108 cm³/mol. The van der Waals surface area contributed by atoms with Gasteiger partial charge in [0.15, 0.2) is 0 Å². The molecule has 2 rings (SSSR count). The number of carbonyl (C=O) groups is 1. The Labute approximate surface area is 168 Å². The van der Waals surface area contributed by atoms with Crippen LogP contribution in [0.15, 0.2) is 42.5 Å². The number of rotatable bonds is 8. The summed E-state index contributed by atoms with van der Waals surface area (Å²) in [5.74, 6) is 0.161. The fourth-order valence-electron chi connectivity index (χ4n) is 2.70. The summed E-state index contributed by atoms with van der Waals surface area (Å²) in [4.78, 5) is 23.2. The van der Waals surface area contributed by atoms with Crippen molar-refractivity contribution in [2.75, 3.05) is 30.1 Å². The third-order valence-corrected chi connectivity index (χ3v) is 5.29. The van der Waals surface area contributed by atoms with Crippen LogP contribution in [0.1, 0.15) is 6.92 Å². The van der Waals surface area contributed by atoms with Gasteiger partial charge in [-0.2, -0.15) is 0 Å². The molecule has 1 atom stereocenters. The molecule has 0 saturated carbocycles. The lowest BCUT2D eigenvalue weighted by atomic mass is 10.2. The summed E-state index contributed by atoms with van der Waals surface area (Å²) in [5.41, 5.74) is -0.00336. The lowest BCUT2D eigenvalue weighted by Gasteiger charge is -2.28. The largest absolute Gasteiger partial charge is 0.497 e. The van der Waals surface area contributed by atoms with Gasteiger partial charge in [0, 0.05) is 18.2 Å². The van der Waals surface area contributed by atoms with E-state index in [-0.39, 0.29) is 17.1 Å². The average Bonchev–Trinajstić information content (AvgIpc) is 2.67. The van der Waals surface area contributed by atoms with E-state index in [0.717, 1.165) is 16.6 Å².